The second kappa shape index (κ2) is 8.60. The van der Waals surface area contributed by atoms with Gasteiger partial charge >= 0.3 is 0 Å². The SMILES string of the molecule is CN(C)CC(Cc1ccccc1)C(=O)c1ccccc1.Cl. The molecule has 1 unspecified atom stereocenters. The standard InChI is InChI=1S/C18H21NO.ClH/c1-19(2)14-17(13-15-9-5-3-6-10-15)18(20)16-11-7-4-8-12-16;/h3-12,17H,13-14H2,1-2H3;1H. The van der Waals surface area contributed by atoms with Crippen molar-refractivity contribution in [3.8, 4) is 0 Å². The normalized spacial score (nSPS) is 11.8. The van der Waals surface area contributed by atoms with E-state index >= 15 is 0 Å². The Balaban J connectivity index is 0.00000220. The number of nitrogens with zero attached hydrogens (tertiary/aromatic N) is 1. The Morgan fingerprint density at radius 3 is 2.00 bits per heavy atom. The fourth-order valence-corrected chi connectivity index (χ4v) is 2.42. The van der Waals surface area contributed by atoms with Crippen molar-refractivity contribution < 1.29 is 4.79 Å². The van der Waals surface area contributed by atoms with Gasteiger partial charge in [-0.1, -0.05) is 60.7 Å². The van der Waals surface area contributed by atoms with Crippen LogP contribution in [0.5, 0.6) is 0 Å². The van der Waals surface area contributed by atoms with E-state index in [9.17, 15) is 4.79 Å². The van der Waals surface area contributed by atoms with Crippen LogP contribution in [0.1, 0.15) is 15.9 Å². The molecule has 0 fully saturated rings. The van der Waals surface area contributed by atoms with Gasteiger partial charge in [0.1, 0.15) is 0 Å². The molecule has 112 valence electrons. The number of carbonyl (C=O) groups is 1. The van der Waals surface area contributed by atoms with Crippen LogP contribution in [0.25, 0.3) is 0 Å². The lowest BCUT2D eigenvalue weighted by Gasteiger charge is -2.20. The minimum Gasteiger partial charge on any atom is -0.309 e. The summed E-state index contributed by atoms with van der Waals surface area (Å²) < 4.78 is 0. The highest BCUT2D eigenvalue weighted by Crippen LogP contribution is 2.15. The number of benzene rings is 2. The maximum Gasteiger partial charge on any atom is 0.167 e. The first-order valence-electron chi connectivity index (χ1n) is 6.94. The molecule has 1 atom stereocenters. The van der Waals surface area contributed by atoms with Crippen LogP contribution in [-0.4, -0.2) is 31.3 Å². The molecular weight excluding hydrogens is 282 g/mol. The molecule has 0 heterocycles. The van der Waals surface area contributed by atoms with Gasteiger partial charge < -0.3 is 4.90 Å². The zero-order valence-corrected chi connectivity index (χ0v) is 13.3. The summed E-state index contributed by atoms with van der Waals surface area (Å²) in [5, 5.41) is 0. The summed E-state index contributed by atoms with van der Waals surface area (Å²) in [7, 11) is 4.02. The van der Waals surface area contributed by atoms with Crippen molar-refractivity contribution >= 4 is 18.2 Å². The fraction of sp³-hybridized carbons (Fsp3) is 0.278. The number of hydrogen-bond donors (Lipinski definition) is 0. The van der Waals surface area contributed by atoms with E-state index in [0.29, 0.717) is 0 Å². The van der Waals surface area contributed by atoms with Crippen LogP contribution in [0, 0.1) is 5.92 Å². The molecule has 0 radical (unpaired) electrons. The van der Waals surface area contributed by atoms with Gasteiger partial charge in [0.25, 0.3) is 0 Å². The molecule has 0 aliphatic heterocycles. The molecule has 2 nitrogen and oxygen atoms in total. The summed E-state index contributed by atoms with van der Waals surface area (Å²) in [6, 6.07) is 19.8. The topological polar surface area (TPSA) is 20.3 Å². The predicted molar refractivity (Wildman–Crippen MR) is 90.2 cm³/mol. The zero-order valence-electron chi connectivity index (χ0n) is 12.5. The van der Waals surface area contributed by atoms with Gasteiger partial charge in [0.2, 0.25) is 0 Å². The summed E-state index contributed by atoms with van der Waals surface area (Å²) in [4.78, 5) is 14.7. The Morgan fingerprint density at radius 1 is 0.952 bits per heavy atom. The molecule has 0 spiro atoms. The first-order chi connectivity index (χ1) is 9.66. The van der Waals surface area contributed by atoms with Gasteiger partial charge in [0.05, 0.1) is 0 Å². The molecule has 0 aromatic heterocycles. The van der Waals surface area contributed by atoms with Crippen molar-refractivity contribution in [1.29, 1.82) is 0 Å². The van der Waals surface area contributed by atoms with Crippen LogP contribution in [0.4, 0.5) is 0 Å². The Hall–Kier alpha value is -1.64. The Kier molecular flexibility index (Phi) is 7.13. The number of Topliss-reactive ketones (excluding diaryl/α,β-unsaturated/α-hetero) is 1. The van der Waals surface area contributed by atoms with Crippen LogP contribution >= 0.6 is 12.4 Å². The molecule has 0 saturated heterocycles. The van der Waals surface area contributed by atoms with Gasteiger partial charge in [-0.15, -0.1) is 12.4 Å². The lowest BCUT2D eigenvalue weighted by atomic mass is 9.91. The van der Waals surface area contributed by atoms with E-state index in [-0.39, 0.29) is 24.1 Å². The number of halogens is 1. The van der Waals surface area contributed by atoms with Gasteiger partial charge in [-0.3, -0.25) is 4.79 Å². The summed E-state index contributed by atoms with van der Waals surface area (Å²) in [5.41, 5.74) is 2.01. The summed E-state index contributed by atoms with van der Waals surface area (Å²) in [6.07, 6.45) is 0.784. The second-order valence-corrected chi connectivity index (χ2v) is 5.38. The van der Waals surface area contributed by atoms with Gasteiger partial charge in [0, 0.05) is 18.0 Å². The molecule has 2 aromatic carbocycles. The predicted octanol–water partition coefficient (Wildman–Crippen LogP) is 3.71. The molecule has 2 aromatic rings. The van der Waals surface area contributed by atoms with E-state index in [2.05, 4.69) is 17.0 Å². The maximum atomic E-state index is 12.7. The highest BCUT2D eigenvalue weighted by atomic mass is 35.5. The molecule has 0 aliphatic carbocycles. The summed E-state index contributed by atoms with van der Waals surface area (Å²) >= 11 is 0. The third-order valence-corrected chi connectivity index (χ3v) is 3.34. The maximum absolute atomic E-state index is 12.7. The van der Waals surface area contributed by atoms with E-state index in [4.69, 9.17) is 0 Å². The van der Waals surface area contributed by atoms with Crippen molar-refractivity contribution in [1.82, 2.24) is 4.90 Å². The van der Waals surface area contributed by atoms with Crippen LogP contribution in [0.2, 0.25) is 0 Å². The third-order valence-electron chi connectivity index (χ3n) is 3.34. The second-order valence-electron chi connectivity index (χ2n) is 5.38. The first kappa shape index (κ1) is 17.4. The van der Waals surface area contributed by atoms with Gasteiger partial charge in [-0.05, 0) is 26.1 Å². The zero-order chi connectivity index (χ0) is 14.4. The van der Waals surface area contributed by atoms with Crippen molar-refractivity contribution in [3.05, 3.63) is 71.8 Å². The van der Waals surface area contributed by atoms with Crippen LogP contribution in [-0.2, 0) is 6.42 Å². The monoisotopic (exact) mass is 303 g/mol. The quantitative estimate of drug-likeness (QED) is 0.758. The van der Waals surface area contributed by atoms with E-state index in [0.717, 1.165) is 18.5 Å². The highest BCUT2D eigenvalue weighted by molar-refractivity contribution is 5.98. The first-order valence-corrected chi connectivity index (χ1v) is 6.94. The molecular formula is C18H22ClNO. The smallest absolute Gasteiger partial charge is 0.167 e. The van der Waals surface area contributed by atoms with E-state index < -0.39 is 0 Å². The van der Waals surface area contributed by atoms with Gasteiger partial charge in [-0.2, -0.15) is 0 Å². The lowest BCUT2D eigenvalue weighted by Crippen LogP contribution is -2.29. The molecule has 0 saturated carbocycles. The Morgan fingerprint density at radius 2 is 1.48 bits per heavy atom. The van der Waals surface area contributed by atoms with Crippen LogP contribution in [0.15, 0.2) is 60.7 Å². The van der Waals surface area contributed by atoms with E-state index in [1.54, 1.807) is 0 Å². The molecule has 0 bridgehead atoms. The van der Waals surface area contributed by atoms with Crippen molar-refractivity contribution in [3.63, 3.8) is 0 Å². The summed E-state index contributed by atoms with van der Waals surface area (Å²) in [5.74, 6) is 0.220. The molecule has 0 N–H and O–H groups in total. The van der Waals surface area contributed by atoms with Gasteiger partial charge in [0.15, 0.2) is 5.78 Å². The third kappa shape index (κ3) is 5.33. The number of ketones is 1. The average molecular weight is 304 g/mol. The summed E-state index contributed by atoms with van der Waals surface area (Å²) in [6.45, 7) is 0.766. The van der Waals surface area contributed by atoms with Crippen molar-refractivity contribution in [2.45, 2.75) is 6.42 Å². The molecule has 0 aliphatic rings. The molecule has 0 amide bonds. The average Bonchev–Trinajstić information content (AvgIpc) is 2.47. The number of hydrogen-bond acceptors (Lipinski definition) is 2. The van der Waals surface area contributed by atoms with Crippen molar-refractivity contribution in [2.24, 2.45) is 5.92 Å². The highest BCUT2D eigenvalue weighted by Gasteiger charge is 2.21. The number of carbonyl (C=O) groups excluding carboxylic acids is 1. The Labute approximate surface area is 133 Å². The fourth-order valence-electron chi connectivity index (χ4n) is 2.42. The molecule has 3 heteroatoms. The van der Waals surface area contributed by atoms with E-state index in [1.807, 2.05) is 62.6 Å². The minimum absolute atomic E-state index is 0. The molecule has 21 heavy (non-hydrogen) atoms. The largest absolute Gasteiger partial charge is 0.309 e. The van der Waals surface area contributed by atoms with Crippen LogP contribution in [0.3, 0.4) is 0 Å². The van der Waals surface area contributed by atoms with Crippen molar-refractivity contribution in [2.75, 3.05) is 20.6 Å². The number of rotatable bonds is 6. The Bertz CT molecular complexity index is 540. The minimum atomic E-state index is -0.00481. The van der Waals surface area contributed by atoms with Gasteiger partial charge in [-0.25, -0.2) is 0 Å². The van der Waals surface area contributed by atoms with Crippen LogP contribution < -0.4 is 0 Å². The molecule has 2 rings (SSSR count). The van der Waals surface area contributed by atoms with E-state index in [1.165, 1.54) is 5.56 Å². The lowest BCUT2D eigenvalue weighted by molar-refractivity contribution is 0.0896.